The van der Waals surface area contributed by atoms with Crippen LogP contribution in [0.2, 0.25) is 0 Å². The monoisotopic (exact) mass is 348 g/mol. The average Bonchev–Trinajstić information content (AvgIpc) is 3.07. The van der Waals surface area contributed by atoms with Gasteiger partial charge in [-0.05, 0) is 49.4 Å². The number of hydrogen-bond donors (Lipinski definition) is 0. The molecule has 0 fully saturated rings. The summed E-state index contributed by atoms with van der Waals surface area (Å²) in [6, 6.07) is 13.5. The first kappa shape index (κ1) is 17.2. The Morgan fingerprint density at radius 3 is 2.54 bits per heavy atom. The van der Waals surface area contributed by atoms with E-state index in [2.05, 4.69) is 6.07 Å². The fraction of sp³-hybridized carbons (Fsp3) is 0.150. The number of rotatable bonds is 5. The molecule has 0 saturated heterocycles. The molecule has 3 aromatic rings. The molecule has 6 heteroatoms. The Kier molecular flexibility index (Phi) is 4.72. The van der Waals surface area contributed by atoms with Gasteiger partial charge in [0.05, 0.1) is 36.1 Å². The van der Waals surface area contributed by atoms with Crippen LogP contribution < -0.4 is 4.74 Å². The molecule has 0 radical (unpaired) electrons. The molecular weight excluding hydrogens is 332 g/mol. The summed E-state index contributed by atoms with van der Waals surface area (Å²) in [7, 11) is 1.55. The molecule has 0 N–H and O–H groups in total. The Balaban J connectivity index is 2.18. The van der Waals surface area contributed by atoms with Gasteiger partial charge >= 0.3 is 5.97 Å². The van der Waals surface area contributed by atoms with Crippen molar-refractivity contribution < 1.29 is 19.1 Å². The third kappa shape index (κ3) is 2.91. The van der Waals surface area contributed by atoms with Gasteiger partial charge in [-0.15, -0.1) is 0 Å². The van der Waals surface area contributed by atoms with Gasteiger partial charge in [0.25, 0.3) is 0 Å². The fourth-order valence-electron chi connectivity index (χ4n) is 2.78. The van der Waals surface area contributed by atoms with Crippen molar-refractivity contribution in [3.8, 4) is 11.8 Å². The molecule has 3 rings (SSSR count). The maximum absolute atomic E-state index is 13.0. The van der Waals surface area contributed by atoms with Gasteiger partial charge < -0.3 is 13.9 Å². The lowest BCUT2D eigenvalue weighted by Crippen LogP contribution is -2.05. The number of pyridine rings is 1. The summed E-state index contributed by atoms with van der Waals surface area (Å²) in [5.74, 6) is -0.199. The molecule has 1 aromatic carbocycles. The minimum Gasteiger partial charge on any atom is -0.497 e. The van der Waals surface area contributed by atoms with Crippen molar-refractivity contribution in [2.24, 2.45) is 0 Å². The number of esters is 1. The summed E-state index contributed by atoms with van der Waals surface area (Å²) in [6.45, 7) is 1.90. The van der Waals surface area contributed by atoms with Crippen LogP contribution >= 0.6 is 0 Å². The van der Waals surface area contributed by atoms with E-state index in [9.17, 15) is 14.9 Å². The largest absolute Gasteiger partial charge is 0.497 e. The summed E-state index contributed by atoms with van der Waals surface area (Å²) < 4.78 is 11.7. The second-order valence-electron chi connectivity index (χ2n) is 5.47. The van der Waals surface area contributed by atoms with Crippen molar-refractivity contribution in [2.75, 3.05) is 13.7 Å². The smallest absolute Gasteiger partial charge is 0.340 e. The van der Waals surface area contributed by atoms with E-state index < -0.39 is 5.97 Å². The second kappa shape index (κ2) is 7.11. The van der Waals surface area contributed by atoms with Crippen LogP contribution in [0.3, 0.4) is 0 Å². The predicted molar refractivity (Wildman–Crippen MR) is 94.5 cm³/mol. The Hall–Kier alpha value is -3.59. The predicted octanol–water partition coefficient (Wildman–Crippen LogP) is 3.23. The van der Waals surface area contributed by atoms with Crippen molar-refractivity contribution >= 4 is 17.3 Å². The Morgan fingerprint density at radius 2 is 1.92 bits per heavy atom. The zero-order chi connectivity index (χ0) is 18.7. The number of ether oxygens (including phenoxy) is 2. The number of nitriles is 1. The Labute approximate surface area is 150 Å². The molecular formula is C20H16N2O4. The molecule has 130 valence electrons. The number of methoxy groups -OCH3 is 1. The highest BCUT2D eigenvalue weighted by Crippen LogP contribution is 2.24. The zero-order valence-electron chi connectivity index (χ0n) is 14.4. The normalized spacial score (nSPS) is 10.3. The van der Waals surface area contributed by atoms with Crippen LogP contribution in [-0.2, 0) is 4.74 Å². The van der Waals surface area contributed by atoms with Crippen LogP contribution in [0.25, 0.3) is 5.52 Å². The fourth-order valence-corrected chi connectivity index (χ4v) is 2.78. The summed E-state index contributed by atoms with van der Waals surface area (Å²) >= 11 is 0. The van der Waals surface area contributed by atoms with E-state index in [1.807, 2.05) is 0 Å². The highest BCUT2D eigenvalue weighted by atomic mass is 16.5. The van der Waals surface area contributed by atoms with Crippen LogP contribution in [0.1, 0.15) is 38.9 Å². The average molecular weight is 348 g/mol. The molecule has 6 nitrogen and oxygen atoms in total. The van der Waals surface area contributed by atoms with E-state index in [0.29, 0.717) is 22.4 Å². The quantitative estimate of drug-likeness (QED) is 0.522. The summed E-state index contributed by atoms with van der Waals surface area (Å²) in [5.41, 5.74) is 1.59. The molecule has 0 bridgehead atoms. The third-order valence-corrected chi connectivity index (χ3v) is 3.99. The minimum atomic E-state index is -0.568. The second-order valence-corrected chi connectivity index (χ2v) is 5.47. The molecule has 0 aliphatic rings. The van der Waals surface area contributed by atoms with Gasteiger partial charge in [0.15, 0.2) is 0 Å². The topological polar surface area (TPSA) is 80.8 Å². The van der Waals surface area contributed by atoms with Crippen molar-refractivity contribution in [1.29, 1.82) is 5.26 Å². The van der Waals surface area contributed by atoms with Gasteiger partial charge in [0.2, 0.25) is 5.78 Å². The van der Waals surface area contributed by atoms with E-state index in [-0.39, 0.29) is 23.6 Å². The first-order valence-corrected chi connectivity index (χ1v) is 8.00. The van der Waals surface area contributed by atoms with Crippen molar-refractivity contribution in [2.45, 2.75) is 6.92 Å². The molecule has 2 aromatic heterocycles. The van der Waals surface area contributed by atoms with Gasteiger partial charge in [-0.3, -0.25) is 4.79 Å². The van der Waals surface area contributed by atoms with E-state index in [1.54, 1.807) is 61.0 Å². The lowest BCUT2D eigenvalue weighted by Gasteiger charge is -2.05. The zero-order valence-corrected chi connectivity index (χ0v) is 14.4. The number of hydrogen-bond acceptors (Lipinski definition) is 5. The molecule has 0 aliphatic heterocycles. The molecule has 0 aliphatic carbocycles. The number of carbonyl (C=O) groups is 2. The lowest BCUT2D eigenvalue weighted by molar-refractivity contribution is 0.0528. The van der Waals surface area contributed by atoms with Gasteiger partial charge in [-0.1, -0.05) is 0 Å². The number of carbonyl (C=O) groups excluding carboxylic acids is 2. The molecule has 0 saturated carbocycles. The van der Waals surface area contributed by atoms with Crippen LogP contribution in [0, 0.1) is 11.3 Å². The maximum atomic E-state index is 13.0. The lowest BCUT2D eigenvalue weighted by atomic mass is 10.1. The maximum Gasteiger partial charge on any atom is 0.340 e. The molecule has 0 unspecified atom stereocenters. The van der Waals surface area contributed by atoms with Gasteiger partial charge in [0.1, 0.15) is 11.8 Å². The Bertz CT molecular complexity index is 1030. The molecule has 26 heavy (non-hydrogen) atoms. The van der Waals surface area contributed by atoms with Gasteiger partial charge in [-0.2, -0.15) is 5.26 Å². The van der Waals surface area contributed by atoms with E-state index in [1.165, 1.54) is 6.07 Å². The van der Waals surface area contributed by atoms with Crippen LogP contribution in [0.15, 0.2) is 48.7 Å². The standard InChI is InChI=1S/C20H16N2O4/c1-3-26-20(24)16-11-17(22-10-4-5-14(12-21)18(16)22)19(23)13-6-8-15(25-2)9-7-13/h4-11H,3H2,1-2H3. The highest BCUT2D eigenvalue weighted by Gasteiger charge is 2.23. The van der Waals surface area contributed by atoms with E-state index >= 15 is 0 Å². The first-order chi connectivity index (χ1) is 12.6. The van der Waals surface area contributed by atoms with Crippen molar-refractivity contribution in [3.63, 3.8) is 0 Å². The van der Waals surface area contributed by atoms with Crippen LogP contribution in [0.4, 0.5) is 0 Å². The molecule has 2 heterocycles. The van der Waals surface area contributed by atoms with E-state index in [0.717, 1.165) is 0 Å². The van der Waals surface area contributed by atoms with Gasteiger partial charge in [-0.25, -0.2) is 4.79 Å². The molecule has 0 spiro atoms. The highest BCUT2D eigenvalue weighted by molar-refractivity contribution is 6.11. The van der Waals surface area contributed by atoms with Crippen LogP contribution in [0.5, 0.6) is 5.75 Å². The number of ketones is 1. The summed E-state index contributed by atoms with van der Waals surface area (Å²) in [5, 5.41) is 9.38. The third-order valence-electron chi connectivity index (χ3n) is 3.99. The van der Waals surface area contributed by atoms with Gasteiger partial charge in [0, 0.05) is 11.8 Å². The molecule has 0 atom stereocenters. The Morgan fingerprint density at radius 1 is 1.19 bits per heavy atom. The first-order valence-electron chi connectivity index (χ1n) is 8.00. The summed E-state index contributed by atoms with van der Waals surface area (Å²) in [6.07, 6.45) is 1.65. The van der Waals surface area contributed by atoms with E-state index in [4.69, 9.17) is 9.47 Å². The molecule has 0 amide bonds. The number of nitrogens with zero attached hydrogens (tertiary/aromatic N) is 2. The minimum absolute atomic E-state index is 0.195. The van der Waals surface area contributed by atoms with Crippen molar-refractivity contribution in [1.82, 2.24) is 4.40 Å². The summed E-state index contributed by atoms with van der Waals surface area (Å²) in [4.78, 5) is 25.3. The number of aromatic nitrogens is 1. The number of fused-ring (bicyclic) bond motifs is 1. The SMILES string of the molecule is CCOC(=O)c1cc(C(=O)c2ccc(OC)cc2)n2cccc(C#N)c12. The van der Waals surface area contributed by atoms with Crippen LogP contribution in [-0.4, -0.2) is 29.9 Å². The van der Waals surface area contributed by atoms with Crippen molar-refractivity contribution in [3.05, 3.63) is 71.0 Å². The number of benzene rings is 1.